The number of thiazole rings is 1. The quantitative estimate of drug-likeness (QED) is 0.199. The van der Waals surface area contributed by atoms with E-state index < -0.39 is 12.0 Å². The molecule has 4 aromatic rings. The summed E-state index contributed by atoms with van der Waals surface area (Å²) in [7, 11) is 2.81. The van der Waals surface area contributed by atoms with Crippen LogP contribution in [-0.2, 0) is 16.1 Å². The Balaban J connectivity index is 1.65. The maximum Gasteiger partial charge on any atom is 0.337 e. The topological polar surface area (TPSA) is 121 Å². The summed E-state index contributed by atoms with van der Waals surface area (Å²) in [6, 6.07) is 17.4. The minimum Gasteiger partial charge on any atom is -0.493 e. The maximum absolute atomic E-state index is 14.2. The minimum atomic E-state index is -0.837. The second-order valence-corrected chi connectivity index (χ2v) is 11.8. The first-order valence-electron chi connectivity index (χ1n) is 14.3. The van der Waals surface area contributed by atoms with E-state index in [1.807, 2.05) is 32.0 Å². The summed E-state index contributed by atoms with van der Waals surface area (Å²) in [4.78, 5) is 32.0. The molecule has 236 valence electrons. The SMILES string of the molecule is CCOc1ccc([C@@H]2C(C(=O)OC)=CN=c3s/c(=C/c4cc(Br)cc(OC)c4OCc4ccccc4C#N)c(=O)n32)cc1OCC. The molecule has 5 rings (SSSR count). The van der Waals surface area contributed by atoms with E-state index in [1.54, 1.807) is 42.5 Å². The van der Waals surface area contributed by atoms with Crippen LogP contribution in [0.3, 0.4) is 0 Å². The van der Waals surface area contributed by atoms with Crippen LogP contribution in [0, 0.1) is 11.3 Å². The maximum atomic E-state index is 14.2. The number of nitrogens with zero attached hydrogens (tertiary/aromatic N) is 3. The Morgan fingerprint density at radius 3 is 2.52 bits per heavy atom. The average Bonchev–Trinajstić information content (AvgIpc) is 3.38. The molecule has 0 fully saturated rings. The highest BCUT2D eigenvalue weighted by molar-refractivity contribution is 9.10. The van der Waals surface area contributed by atoms with Gasteiger partial charge in [0.2, 0.25) is 0 Å². The number of nitriles is 1. The number of carbonyl (C=O) groups excluding carboxylic acids is 1. The molecule has 0 N–H and O–H groups in total. The zero-order valence-corrected chi connectivity index (χ0v) is 27.9. The Hall–Kier alpha value is -4.86. The fourth-order valence-electron chi connectivity index (χ4n) is 5.04. The van der Waals surface area contributed by atoms with Crippen LogP contribution >= 0.6 is 27.3 Å². The molecule has 1 aliphatic heterocycles. The van der Waals surface area contributed by atoms with E-state index in [2.05, 4.69) is 27.0 Å². The van der Waals surface area contributed by atoms with Gasteiger partial charge < -0.3 is 23.7 Å². The summed E-state index contributed by atoms with van der Waals surface area (Å²) in [6.07, 6.45) is 3.14. The number of rotatable bonds is 11. The van der Waals surface area contributed by atoms with Crippen LogP contribution in [0.25, 0.3) is 6.08 Å². The number of methoxy groups -OCH3 is 2. The summed E-state index contributed by atoms with van der Waals surface area (Å²) < 4.78 is 31.0. The molecule has 3 aromatic carbocycles. The molecule has 0 spiro atoms. The molecule has 1 atom stereocenters. The van der Waals surface area contributed by atoms with Crippen molar-refractivity contribution in [2.24, 2.45) is 4.99 Å². The Labute approximate surface area is 277 Å². The van der Waals surface area contributed by atoms with Gasteiger partial charge in [-0.25, -0.2) is 9.79 Å². The Kier molecular flexibility index (Phi) is 10.2. The second-order valence-electron chi connectivity index (χ2n) is 9.83. The number of halogens is 1. The second kappa shape index (κ2) is 14.5. The zero-order chi connectivity index (χ0) is 32.8. The van der Waals surface area contributed by atoms with E-state index in [4.69, 9.17) is 23.7 Å². The van der Waals surface area contributed by atoms with Crippen molar-refractivity contribution in [3.05, 3.63) is 113 Å². The third-order valence-corrected chi connectivity index (χ3v) is 8.53. The fourth-order valence-corrected chi connectivity index (χ4v) is 6.45. The molecule has 1 aromatic heterocycles. The van der Waals surface area contributed by atoms with E-state index in [0.29, 0.717) is 72.3 Å². The van der Waals surface area contributed by atoms with Gasteiger partial charge in [0.25, 0.3) is 5.56 Å². The molecule has 0 bridgehead atoms. The van der Waals surface area contributed by atoms with Gasteiger partial charge in [-0.2, -0.15) is 5.26 Å². The van der Waals surface area contributed by atoms with Crippen LogP contribution in [0.1, 0.15) is 42.1 Å². The normalized spacial score (nSPS) is 14.0. The summed E-state index contributed by atoms with van der Waals surface area (Å²) >= 11 is 4.70. The lowest BCUT2D eigenvalue weighted by atomic mass is 9.97. The number of esters is 1. The van der Waals surface area contributed by atoms with E-state index in [0.717, 1.165) is 0 Å². The molecule has 0 unspecified atom stereocenters. The third kappa shape index (κ3) is 6.56. The van der Waals surface area contributed by atoms with Crippen molar-refractivity contribution in [3.8, 4) is 29.1 Å². The molecule has 10 nitrogen and oxygen atoms in total. The van der Waals surface area contributed by atoms with Crippen LogP contribution in [0.2, 0.25) is 0 Å². The number of fused-ring (bicyclic) bond motifs is 1. The zero-order valence-electron chi connectivity index (χ0n) is 25.5. The van der Waals surface area contributed by atoms with Crippen molar-refractivity contribution < 1.29 is 28.5 Å². The van der Waals surface area contributed by atoms with Crippen molar-refractivity contribution in [2.45, 2.75) is 26.5 Å². The van der Waals surface area contributed by atoms with Gasteiger partial charge in [-0.05, 0) is 55.8 Å². The summed E-state index contributed by atoms with van der Waals surface area (Å²) in [5.74, 6) is 1.26. The predicted octanol–water partition coefficient (Wildman–Crippen LogP) is 5.04. The first-order valence-corrected chi connectivity index (χ1v) is 15.9. The molecule has 0 radical (unpaired) electrons. The first-order chi connectivity index (χ1) is 22.3. The van der Waals surface area contributed by atoms with Gasteiger partial charge in [-0.1, -0.05) is 51.5 Å². The molecule has 0 saturated carbocycles. The summed E-state index contributed by atoms with van der Waals surface area (Å²) in [6.45, 7) is 4.69. The van der Waals surface area contributed by atoms with E-state index in [-0.39, 0.29) is 17.7 Å². The number of benzene rings is 3. The van der Waals surface area contributed by atoms with Crippen molar-refractivity contribution >= 4 is 39.3 Å². The van der Waals surface area contributed by atoms with Crippen LogP contribution in [0.5, 0.6) is 23.0 Å². The van der Waals surface area contributed by atoms with Gasteiger partial charge in [0.1, 0.15) is 6.61 Å². The smallest absolute Gasteiger partial charge is 0.337 e. The molecule has 0 saturated heterocycles. The van der Waals surface area contributed by atoms with Gasteiger partial charge in [0.15, 0.2) is 27.8 Å². The van der Waals surface area contributed by atoms with Gasteiger partial charge >= 0.3 is 5.97 Å². The molecule has 12 heteroatoms. The van der Waals surface area contributed by atoms with Gasteiger partial charge in [-0.3, -0.25) is 9.36 Å². The number of ether oxygens (including phenoxy) is 5. The molecule has 0 aliphatic carbocycles. The van der Waals surface area contributed by atoms with Crippen LogP contribution in [0.4, 0.5) is 0 Å². The molecule has 2 heterocycles. The average molecular weight is 705 g/mol. The van der Waals surface area contributed by atoms with Gasteiger partial charge in [-0.15, -0.1) is 0 Å². The lowest BCUT2D eigenvalue weighted by Crippen LogP contribution is -2.39. The van der Waals surface area contributed by atoms with Crippen molar-refractivity contribution in [1.29, 1.82) is 5.26 Å². The van der Waals surface area contributed by atoms with Gasteiger partial charge in [0, 0.05) is 21.8 Å². The molecular formula is C34H30BrN3O7S. The van der Waals surface area contributed by atoms with Crippen molar-refractivity contribution in [1.82, 2.24) is 4.57 Å². The Bertz CT molecular complexity index is 2040. The first kappa shape index (κ1) is 32.5. The van der Waals surface area contributed by atoms with Crippen LogP contribution < -0.4 is 33.8 Å². The van der Waals surface area contributed by atoms with Crippen molar-refractivity contribution in [2.75, 3.05) is 27.4 Å². The molecular weight excluding hydrogens is 674 g/mol. The molecule has 1 aliphatic rings. The van der Waals surface area contributed by atoms with Crippen molar-refractivity contribution in [3.63, 3.8) is 0 Å². The monoisotopic (exact) mass is 703 g/mol. The Morgan fingerprint density at radius 1 is 1.04 bits per heavy atom. The number of hydrogen-bond acceptors (Lipinski definition) is 10. The minimum absolute atomic E-state index is 0.103. The lowest BCUT2D eigenvalue weighted by molar-refractivity contribution is -0.136. The van der Waals surface area contributed by atoms with Crippen LogP contribution in [-0.4, -0.2) is 38.0 Å². The standard InChI is InChI=1S/C34H30BrN3O7S/c1-5-43-26-12-11-20(14-27(26)44-6-2)30-25(33(40)42-4)18-37-34-38(30)32(39)29(46-34)15-23-13-24(35)16-28(41-3)31(23)45-19-22-10-8-7-9-21(22)17-36/h7-16,18,30H,5-6,19H2,1-4H3/b29-15+/t30-/m1/s1. The van der Waals surface area contributed by atoms with E-state index >= 15 is 0 Å². The highest BCUT2D eigenvalue weighted by Crippen LogP contribution is 2.37. The van der Waals surface area contributed by atoms with Gasteiger partial charge in [0.05, 0.1) is 55.2 Å². The molecule has 46 heavy (non-hydrogen) atoms. The highest BCUT2D eigenvalue weighted by atomic mass is 79.9. The largest absolute Gasteiger partial charge is 0.493 e. The number of carbonyl (C=O) groups is 1. The van der Waals surface area contributed by atoms with E-state index in [9.17, 15) is 14.9 Å². The highest BCUT2D eigenvalue weighted by Gasteiger charge is 2.31. The lowest BCUT2D eigenvalue weighted by Gasteiger charge is -2.23. The van der Waals surface area contributed by atoms with E-state index in [1.165, 1.54) is 36.3 Å². The fraction of sp³-hybridized carbons (Fsp3) is 0.235. The summed E-state index contributed by atoms with van der Waals surface area (Å²) in [5.41, 5.74) is 2.21. The Morgan fingerprint density at radius 2 is 1.80 bits per heavy atom. The third-order valence-electron chi connectivity index (χ3n) is 7.07. The van der Waals surface area contributed by atoms with Crippen LogP contribution in [0.15, 0.2) is 80.6 Å². The number of aromatic nitrogens is 1. The molecule has 0 amide bonds. The number of hydrogen-bond donors (Lipinski definition) is 0. The predicted molar refractivity (Wildman–Crippen MR) is 176 cm³/mol. The summed E-state index contributed by atoms with van der Waals surface area (Å²) in [5, 5.41) is 9.53.